The third-order valence-corrected chi connectivity index (χ3v) is 5.28. The first kappa shape index (κ1) is 18.6. The number of nitrogens with zero attached hydrogens (tertiary/aromatic N) is 1. The summed E-state index contributed by atoms with van der Waals surface area (Å²) in [5.41, 5.74) is 0.0401. The Hall–Kier alpha value is -2.20. The fraction of sp³-hybridized carbons (Fsp3) is 0.250. The van der Waals surface area contributed by atoms with Crippen molar-refractivity contribution in [2.45, 2.75) is 30.8 Å². The molecule has 4 nitrogen and oxygen atoms in total. The maximum Gasteiger partial charge on any atom is 0.238 e. The number of fused-ring (bicyclic) bond motifs is 1. The van der Waals surface area contributed by atoms with Crippen LogP contribution in [0, 0.1) is 29.1 Å². The van der Waals surface area contributed by atoms with Crippen molar-refractivity contribution >= 4 is 15.7 Å². The third kappa shape index (κ3) is 2.92. The van der Waals surface area contributed by atoms with Gasteiger partial charge in [0.05, 0.1) is 4.90 Å². The molecule has 2 aromatic carbocycles. The number of anilines is 1. The Kier molecular flexibility index (Phi) is 4.43. The van der Waals surface area contributed by atoms with Crippen molar-refractivity contribution in [3.05, 3.63) is 58.4 Å². The van der Waals surface area contributed by atoms with Gasteiger partial charge in [-0.05, 0) is 37.1 Å². The van der Waals surface area contributed by atoms with E-state index in [1.807, 2.05) is 0 Å². The van der Waals surface area contributed by atoms with E-state index >= 15 is 0 Å². The number of rotatable bonds is 3. The zero-order valence-electron chi connectivity index (χ0n) is 13.4. The van der Waals surface area contributed by atoms with Gasteiger partial charge in [-0.2, -0.15) is 0 Å². The molecule has 2 N–H and O–H groups in total. The molecule has 1 aliphatic heterocycles. The normalized spacial score (nSPS) is 16.9. The van der Waals surface area contributed by atoms with Gasteiger partial charge in [0.15, 0.2) is 23.3 Å². The summed E-state index contributed by atoms with van der Waals surface area (Å²) in [6, 6.07) is 3.60. The molecule has 1 heterocycles. The highest BCUT2D eigenvalue weighted by Crippen LogP contribution is 2.36. The molecule has 0 unspecified atom stereocenters. The number of nitrogens with two attached hydrogens (primary N) is 1. The summed E-state index contributed by atoms with van der Waals surface area (Å²) < 4.78 is 90.7. The second-order valence-corrected chi connectivity index (χ2v) is 7.63. The molecule has 10 heteroatoms. The molecule has 0 saturated carbocycles. The second-order valence-electron chi connectivity index (χ2n) is 6.07. The van der Waals surface area contributed by atoms with Crippen LogP contribution in [0.25, 0.3) is 0 Å². The summed E-state index contributed by atoms with van der Waals surface area (Å²) >= 11 is 0. The van der Waals surface area contributed by atoms with E-state index in [1.165, 1.54) is 23.1 Å². The zero-order chi connectivity index (χ0) is 19.4. The van der Waals surface area contributed by atoms with Crippen LogP contribution >= 0.6 is 0 Å². The molecule has 0 amide bonds. The van der Waals surface area contributed by atoms with E-state index in [4.69, 9.17) is 5.14 Å². The standard InChI is InChI=1S/C16H13F5N2O2S/c1-7-4-8-5-9(26(22,24)25)2-3-11(8)23(7)6-10-12(17)14(19)16(21)15(20)13(10)18/h2-3,5,7H,4,6H2,1H3,(H2,22,24,25)/t7-/m1/s1. The molecular formula is C16H13F5N2O2S. The van der Waals surface area contributed by atoms with Crippen LogP contribution < -0.4 is 10.0 Å². The van der Waals surface area contributed by atoms with Crippen LogP contribution in [0.4, 0.5) is 27.6 Å². The molecule has 0 saturated heterocycles. The maximum atomic E-state index is 13.9. The monoisotopic (exact) mass is 392 g/mol. The average molecular weight is 392 g/mol. The van der Waals surface area contributed by atoms with Crippen molar-refractivity contribution in [2.24, 2.45) is 5.14 Å². The summed E-state index contributed by atoms with van der Waals surface area (Å²) in [5.74, 6) is -9.99. The Labute approximate surface area is 146 Å². The average Bonchev–Trinajstić information content (AvgIpc) is 2.89. The van der Waals surface area contributed by atoms with Crippen LogP contribution in [0.1, 0.15) is 18.1 Å². The fourth-order valence-electron chi connectivity index (χ4n) is 3.05. The van der Waals surface area contributed by atoms with E-state index in [0.717, 1.165) is 0 Å². The second kappa shape index (κ2) is 6.20. The van der Waals surface area contributed by atoms with Crippen molar-refractivity contribution in [2.75, 3.05) is 4.90 Å². The van der Waals surface area contributed by atoms with E-state index in [0.29, 0.717) is 17.7 Å². The molecular weight excluding hydrogens is 379 g/mol. The summed E-state index contributed by atoms with van der Waals surface area (Å²) in [5, 5.41) is 5.07. The van der Waals surface area contributed by atoms with Crippen molar-refractivity contribution < 1.29 is 30.4 Å². The summed E-state index contributed by atoms with van der Waals surface area (Å²) in [6.45, 7) is 1.12. The molecule has 0 aromatic heterocycles. The van der Waals surface area contributed by atoms with Gasteiger partial charge >= 0.3 is 0 Å². The smallest absolute Gasteiger partial charge is 0.238 e. The molecule has 0 aliphatic carbocycles. The quantitative estimate of drug-likeness (QED) is 0.496. The van der Waals surface area contributed by atoms with Gasteiger partial charge in [-0.15, -0.1) is 0 Å². The van der Waals surface area contributed by atoms with Crippen molar-refractivity contribution in [1.29, 1.82) is 0 Å². The topological polar surface area (TPSA) is 63.4 Å². The Bertz CT molecular complexity index is 981. The van der Waals surface area contributed by atoms with Crippen LogP contribution in [0.2, 0.25) is 0 Å². The van der Waals surface area contributed by atoms with Crippen LogP contribution in [0.5, 0.6) is 0 Å². The van der Waals surface area contributed by atoms with Crippen LogP contribution in [0.15, 0.2) is 23.1 Å². The van der Waals surface area contributed by atoms with Gasteiger partial charge in [-0.25, -0.2) is 35.5 Å². The molecule has 1 atom stereocenters. The highest BCUT2D eigenvalue weighted by atomic mass is 32.2. The molecule has 0 radical (unpaired) electrons. The van der Waals surface area contributed by atoms with Crippen molar-refractivity contribution in [1.82, 2.24) is 0 Å². The van der Waals surface area contributed by atoms with E-state index in [2.05, 4.69) is 0 Å². The lowest BCUT2D eigenvalue weighted by atomic mass is 10.1. The fourth-order valence-corrected chi connectivity index (χ4v) is 3.61. The third-order valence-electron chi connectivity index (χ3n) is 4.37. The lowest BCUT2D eigenvalue weighted by Crippen LogP contribution is -2.30. The molecule has 140 valence electrons. The Balaban J connectivity index is 2.04. The number of hydrogen-bond donors (Lipinski definition) is 1. The molecule has 3 rings (SSSR count). The summed E-state index contributed by atoms with van der Waals surface area (Å²) in [4.78, 5) is 1.32. The highest BCUT2D eigenvalue weighted by Gasteiger charge is 2.32. The molecule has 0 spiro atoms. The Morgan fingerprint density at radius 3 is 2.12 bits per heavy atom. The molecule has 0 fully saturated rings. The van der Waals surface area contributed by atoms with Crippen LogP contribution in [0.3, 0.4) is 0 Å². The largest absolute Gasteiger partial charge is 0.364 e. The number of primary sulfonamides is 1. The SMILES string of the molecule is C[C@@H]1Cc2cc(S(N)(=O)=O)ccc2N1Cc1c(F)c(F)c(F)c(F)c1F. The van der Waals surface area contributed by atoms with Crippen molar-refractivity contribution in [3.8, 4) is 0 Å². The minimum Gasteiger partial charge on any atom is -0.364 e. The van der Waals surface area contributed by atoms with Gasteiger partial charge in [0.25, 0.3) is 0 Å². The van der Waals surface area contributed by atoms with Crippen molar-refractivity contribution in [3.63, 3.8) is 0 Å². The van der Waals surface area contributed by atoms with E-state index in [-0.39, 0.29) is 10.9 Å². The number of sulfonamides is 1. The van der Waals surface area contributed by atoms with Gasteiger partial charge in [-0.3, -0.25) is 0 Å². The predicted octanol–water partition coefficient (Wildman–Crippen LogP) is 2.98. The molecule has 26 heavy (non-hydrogen) atoms. The Morgan fingerprint density at radius 1 is 1.04 bits per heavy atom. The maximum absolute atomic E-state index is 13.9. The predicted molar refractivity (Wildman–Crippen MR) is 83.4 cm³/mol. The van der Waals surface area contributed by atoms with Crippen LogP contribution in [-0.4, -0.2) is 14.5 Å². The summed E-state index contributed by atoms with van der Waals surface area (Å²) in [7, 11) is -3.93. The molecule has 1 aliphatic rings. The van der Waals surface area contributed by atoms with Gasteiger partial charge in [0, 0.05) is 23.8 Å². The number of hydrogen-bond acceptors (Lipinski definition) is 3. The number of halogens is 5. The lowest BCUT2D eigenvalue weighted by molar-refractivity contribution is 0.368. The Morgan fingerprint density at radius 2 is 1.58 bits per heavy atom. The molecule has 2 aromatic rings. The van der Waals surface area contributed by atoms with Gasteiger partial charge in [0.1, 0.15) is 0 Å². The van der Waals surface area contributed by atoms with E-state index in [1.54, 1.807) is 6.92 Å². The minimum absolute atomic E-state index is 0.124. The summed E-state index contributed by atoms with van der Waals surface area (Å²) in [6.07, 6.45) is 0.327. The highest BCUT2D eigenvalue weighted by molar-refractivity contribution is 7.89. The van der Waals surface area contributed by atoms with Gasteiger partial charge in [0.2, 0.25) is 15.8 Å². The lowest BCUT2D eigenvalue weighted by Gasteiger charge is -2.25. The van der Waals surface area contributed by atoms with E-state index in [9.17, 15) is 30.4 Å². The number of benzene rings is 2. The molecule has 0 bridgehead atoms. The van der Waals surface area contributed by atoms with Gasteiger partial charge < -0.3 is 4.90 Å². The first-order valence-electron chi connectivity index (χ1n) is 7.45. The minimum atomic E-state index is -3.93. The van der Waals surface area contributed by atoms with E-state index < -0.39 is 51.2 Å². The zero-order valence-corrected chi connectivity index (χ0v) is 14.2. The van der Waals surface area contributed by atoms with Crippen LogP contribution in [-0.2, 0) is 23.0 Å². The first-order chi connectivity index (χ1) is 12.0. The first-order valence-corrected chi connectivity index (χ1v) is 8.99. The van der Waals surface area contributed by atoms with Gasteiger partial charge in [-0.1, -0.05) is 0 Å².